The molecule has 4 aromatic rings. The number of pyridine rings is 1. The lowest BCUT2D eigenvalue weighted by molar-refractivity contribution is -0.124. The van der Waals surface area contributed by atoms with Crippen molar-refractivity contribution in [3.05, 3.63) is 83.1 Å². The number of amides is 1. The van der Waals surface area contributed by atoms with Crippen molar-refractivity contribution in [2.45, 2.75) is 187 Å². The number of fused-ring (bicyclic) bond motifs is 1. The molecule has 1 aliphatic heterocycles. The lowest BCUT2D eigenvalue weighted by Gasteiger charge is -2.47. The second-order valence-electron chi connectivity index (χ2n) is 18.4. The van der Waals surface area contributed by atoms with Gasteiger partial charge < -0.3 is 14.7 Å². The number of benzene rings is 1. The molecule has 4 atom stereocenters. The number of aromatic nitrogens is 3. The first-order chi connectivity index (χ1) is 33.5. The number of allylic oxidation sites excluding steroid dienone is 1. The van der Waals surface area contributed by atoms with Gasteiger partial charge in [0.1, 0.15) is 6.29 Å². The summed E-state index contributed by atoms with van der Waals surface area (Å²) in [6.07, 6.45) is 14.9. The topological polar surface area (TPSA) is 130 Å². The van der Waals surface area contributed by atoms with Crippen LogP contribution in [0.15, 0.2) is 66.8 Å². The van der Waals surface area contributed by atoms with Crippen LogP contribution in [0.25, 0.3) is 33.4 Å². The summed E-state index contributed by atoms with van der Waals surface area (Å²) in [7, 11) is 0.00370. The number of hydrogen-bond donors (Lipinski definition) is 4. The number of nitrogens with zero attached hydrogens (tertiary/aromatic N) is 4. The van der Waals surface area contributed by atoms with Gasteiger partial charge in [-0.25, -0.2) is 4.98 Å². The van der Waals surface area contributed by atoms with E-state index < -0.39 is 0 Å². The number of nitrogens with two attached hydrogens (primary N) is 1. The van der Waals surface area contributed by atoms with Crippen LogP contribution in [0.5, 0.6) is 0 Å². The molecule has 0 spiro atoms. The van der Waals surface area contributed by atoms with Crippen molar-refractivity contribution in [3.63, 3.8) is 0 Å². The maximum absolute atomic E-state index is 12.4. The van der Waals surface area contributed by atoms with Crippen molar-refractivity contribution >= 4 is 51.0 Å². The van der Waals surface area contributed by atoms with E-state index in [0.717, 1.165) is 95.2 Å². The lowest BCUT2D eigenvalue weighted by Crippen LogP contribution is -2.62. The molecule has 70 heavy (non-hydrogen) atoms. The van der Waals surface area contributed by atoms with E-state index in [0.29, 0.717) is 17.9 Å². The van der Waals surface area contributed by atoms with Crippen molar-refractivity contribution in [2.75, 3.05) is 25.9 Å². The lowest BCUT2D eigenvalue weighted by atomic mass is 9.80. The van der Waals surface area contributed by atoms with Gasteiger partial charge in [0.05, 0.1) is 28.1 Å². The van der Waals surface area contributed by atoms with Crippen molar-refractivity contribution < 1.29 is 9.59 Å². The quantitative estimate of drug-likeness (QED) is 0.0144. The number of thiazole rings is 1. The van der Waals surface area contributed by atoms with E-state index in [1.165, 1.54) is 50.9 Å². The van der Waals surface area contributed by atoms with E-state index in [9.17, 15) is 4.79 Å². The molecule has 0 aliphatic carbocycles. The first-order valence-electron chi connectivity index (χ1n) is 26.5. The average molecular weight is 1010 g/mol. The third-order valence-electron chi connectivity index (χ3n) is 12.0. The minimum atomic E-state index is -0.0399. The van der Waals surface area contributed by atoms with Gasteiger partial charge in [0.15, 0.2) is 0 Å². The molecule has 396 valence electrons. The number of carbonyl (C=O) groups is 2. The van der Waals surface area contributed by atoms with Crippen LogP contribution in [0.4, 0.5) is 0 Å². The molecule has 1 amide bonds. The van der Waals surface area contributed by atoms with Gasteiger partial charge in [-0.15, -0.1) is 28.6 Å². The van der Waals surface area contributed by atoms with E-state index in [1.54, 1.807) is 11.3 Å². The van der Waals surface area contributed by atoms with Crippen LogP contribution in [0.3, 0.4) is 0 Å². The summed E-state index contributed by atoms with van der Waals surface area (Å²) in [6.45, 7) is 45.3. The highest BCUT2D eigenvalue weighted by molar-refractivity contribution is 8.11. The standard InChI is InChI=1S/C33H43N3S.C17H35N5OS.C2H4O.3C2H6/c1-8-12-18-33(6,7)21-27-26-20-24(28-22-37-30(35-28)14-9-2)16-17-29(26)36(11-4)32(27)25-15-13-19-34-31(25)23(5)10-3;1-12(2)16(22-10-15(11-22)21-24(5)6)14(4)20-17(23)13(3)8-7-9-19-18;1-2-3;3*1-2/h8,13,15-17,19-20,22-23H,1,9-12,14,18,21H2,2-7H3;12-13,15-16,19,21H,4-5,7-11,18H2,1-3,6H3,(H,20,23);2H,1H3;3*1-2H3. The molecule has 5 N–H and O–H groups in total. The molecule has 10 nitrogen and oxygen atoms in total. The number of nitrogens with one attached hydrogen (secondary N) is 3. The predicted molar refractivity (Wildman–Crippen MR) is 313 cm³/mol. The molecule has 4 heterocycles. The fourth-order valence-corrected chi connectivity index (χ4v) is 10.2. The summed E-state index contributed by atoms with van der Waals surface area (Å²) < 4.78 is 5.99. The van der Waals surface area contributed by atoms with Gasteiger partial charge in [-0.3, -0.25) is 30.7 Å². The monoisotopic (exact) mass is 1000 g/mol. The first-order valence-corrected chi connectivity index (χ1v) is 29.1. The zero-order valence-electron chi connectivity index (χ0n) is 47.2. The molecule has 1 fully saturated rings. The Morgan fingerprint density at radius 3 is 2.24 bits per heavy atom. The van der Waals surface area contributed by atoms with Crippen LogP contribution in [-0.2, 0) is 29.0 Å². The van der Waals surface area contributed by atoms with Crippen LogP contribution in [0.1, 0.15) is 171 Å². The van der Waals surface area contributed by atoms with Crippen molar-refractivity contribution in [2.24, 2.45) is 23.1 Å². The molecule has 4 unspecified atom stereocenters. The van der Waals surface area contributed by atoms with E-state index in [2.05, 4.69) is 141 Å². The Kier molecular flexibility index (Phi) is 34.2. The Labute approximate surface area is 434 Å². The molecule has 1 saturated heterocycles. The number of rotatable bonds is 23. The third kappa shape index (κ3) is 20.7. The van der Waals surface area contributed by atoms with E-state index in [1.807, 2.05) is 60.7 Å². The Morgan fingerprint density at radius 2 is 1.70 bits per heavy atom. The fourth-order valence-electron chi connectivity index (χ4n) is 8.57. The molecule has 12 heteroatoms. The zero-order valence-corrected chi connectivity index (χ0v) is 48.8. The van der Waals surface area contributed by atoms with Crippen LogP contribution < -0.4 is 21.3 Å². The maximum Gasteiger partial charge on any atom is 0.226 e. The van der Waals surface area contributed by atoms with E-state index >= 15 is 0 Å². The number of carbonyl (C=O) groups excluding carboxylic acids is 2. The van der Waals surface area contributed by atoms with Gasteiger partial charge in [-0.2, -0.15) is 0 Å². The van der Waals surface area contributed by atoms with Crippen LogP contribution >= 0.6 is 22.0 Å². The summed E-state index contributed by atoms with van der Waals surface area (Å²) in [4.78, 5) is 33.4. The Balaban J connectivity index is 0.00000125. The number of hydrogen-bond acceptors (Lipinski definition) is 9. The van der Waals surface area contributed by atoms with Gasteiger partial charge in [0.25, 0.3) is 0 Å². The third-order valence-corrected chi connectivity index (χ3v) is 13.6. The van der Waals surface area contributed by atoms with E-state index in [-0.39, 0.29) is 34.0 Å². The van der Waals surface area contributed by atoms with Crippen LogP contribution in [0, 0.1) is 17.3 Å². The summed E-state index contributed by atoms with van der Waals surface area (Å²) in [5, 5.41) is 7.83. The highest BCUT2D eigenvalue weighted by atomic mass is 32.2. The predicted octanol–water partition coefficient (Wildman–Crippen LogP) is 14.2. The van der Waals surface area contributed by atoms with Crippen molar-refractivity contribution in [1.29, 1.82) is 0 Å². The second kappa shape index (κ2) is 36.2. The summed E-state index contributed by atoms with van der Waals surface area (Å²) in [6, 6.07) is 12.0. The summed E-state index contributed by atoms with van der Waals surface area (Å²) >= 11 is 1.78. The second-order valence-corrected chi connectivity index (χ2v) is 20.9. The molecule has 0 radical (unpaired) electrons. The van der Waals surface area contributed by atoms with Gasteiger partial charge in [-0.05, 0) is 119 Å². The smallest absolute Gasteiger partial charge is 0.226 e. The molecule has 3 aromatic heterocycles. The number of aryl methyl sites for hydroxylation is 2. The Hall–Kier alpha value is -3.78. The largest absolute Gasteiger partial charge is 0.340 e. The zero-order chi connectivity index (χ0) is 53.6. The molecular weight excluding hydrogens is 905 g/mol. The van der Waals surface area contributed by atoms with Gasteiger partial charge in [0, 0.05) is 77.4 Å². The van der Waals surface area contributed by atoms with Crippen LogP contribution in [0.2, 0.25) is 0 Å². The molecule has 0 saturated carbocycles. The SMILES string of the molecule is C=C(NC(=O)C(C)CCCNN)C(C(C)C)N1CC(NS(=C)C)C1.C=CCCC(C)(C)Cc1c(-c2cccnc2C(C)CC)n(CC)c2ccc(-c3csc(CCC)n3)cc12.CC.CC.CC.CC=O. The van der Waals surface area contributed by atoms with Crippen molar-refractivity contribution in [3.8, 4) is 22.5 Å². The number of likely N-dealkylation sites (tertiary alicyclic amines) is 1. The van der Waals surface area contributed by atoms with E-state index in [4.69, 9.17) is 20.6 Å². The van der Waals surface area contributed by atoms with Crippen LogP contribution in [-0.4, -0.2) is 75.5 Å². The summed E-state index contributed by atoms with van der Waals surface area (Å²) in [5.41, 5.74) is 12.5. The molecule has 0 bridgehead atoms. The molecule has 1 aliphatic rings. The Bertz CT molecular complexity index is 2120. The Morgan fingerprint density at radius 1 is 1.06 bits per heavy atom. The highest BCUT2D eigenvalue weighted by Crippen LogP contribution is 2.43. The summed E-state index contributed by atoms with van der Waals surface area (Å²) in [5.74, 6) is 10.1. The number of hydrazine groups is 1. The maximum atomic E-state index is 12.4. The van der Waals surface area contributed by atoms with Gasteiger partial charge >= 0.3 is 0 Å². The molecular formula is C58H100N8O2S2. The molecule has 1 aromatic carbocycles. The van der Waals surface area contributed by atoms with Gasteiger partial charge in [-0.1, -0.05) is 122 Å². The average Bonchev–Trinajstić information content (AvgIpc) is 3.93. The minimum absolute atomic E-state index is 0.00370. The fraction of sp³-hybridized carbons (Fsp3) is 0.603. The van der Waals surface area contributed by atoms with Gasteiger partial charge in [0.2, 0.25) is 5.91 Å². The van der Waals surface area contributed by atoms with Crippen molar-refractivity contribution in [1.82, 2.24) is 34.9 Å². The highest BCUT2D eigenvalue weighted by Gasteiger charge is 2.36. The first kappa shape index (κ1) is 66.2. The minimum Gasteiger partial charge on any atom is -0.340 e. The number of aldehydes is 1. The normalized spacial score (nSPS) is 13.9. The molecule has 5 rings (SSSR count).